The first-order chi connectivity index (χ1) is 19.2. The third-order valence-corrected chi connectivity index (χ3v) is 8.09. The second-order valence-corrected chi connectivity index (χ2v) is 11.2. The van der Waals surface area contributed by atoms with Crippen LogP contribution in [-0.4, -0.2) is 44.7 Å². The fourth-order valence-electron chi connectivity index (χ4n) is 5.91. The lowest BCUT2D eigenvalue weighted by atomic mass is 9.66. The molecule has 0 fully saturated rings. The highest BCUT2D eigenvalue weighted by molar-refractivity contribution is 5.94. The number of carbonyl (C=O) groups excluding carboxylic acids is 1. The number of ether oxygens (including phenoxy) is 2. The SMILES string of the molecule is CCOC(=O)c1cc(C2(c3ccc(C)c(C)c3)c3cc(C)ccc3-c3ccc(C)cc32)ccc1OCCN(C)C. The van der Waals surface area contributed by atoms with Crippen LogP contribution >= 0.6 is 0 Å². The van der Waals surface area contributed by atoms with Gasteiger partial charge in [-0.05, 0) is 105 Å². The van der Waals surface area contributed by atoms with E-state index in [4.69, 9.17) is 9.47 Å². The first-order valence-corrected chi connectivity index (χ1v) is 14.1. The molecule has 0 amide bonds. The Morgan fingerprint density at radius 3 is 1.93 bits per heavy atom. The quantitative estimate of drug-likeness (QED) is 0.195. The summed E-state index contributed by atoms with van der Waals surface area (Å²) in [6, 6.07) is 26.3. The lowest BCUT2D eigenvalue weighted by Crippen LogP contribution is -2.29. The molecule has 0 radical (unpaired) electrons. The maximum Gasteiger partial charge on any atom is 0.341 e. The highest BCUT2D eigenvalue weighted by Crippen LogP contribution is 2.57. The van der Waals surface area contributed by atoms with Crippen LogP contribution in [0.15, 0.2) is 72.8 Å². The molecule has 4 aromatic rings. The summed E-state index contributed by atoms with van der Waals surface area (Å²) in [6.45, 7) is 12.0. The van der Waals surface area contributed by atoms with Crippen molar-refractivity contribution in [3.63, 3.8) is 0 Å². The van der Waals surface area contributed by atoms with E-state index >= 15 is 0 Å². The van der Waals surface area contributed by atoms with Gasteiger partial charge < -0.3 is 14.4 Å². The van der Waals surface area contributed by atoms with Crippen LogP contribution in [0.25, 0.3) is 11.1 Å². The van der Waals surface area contributed by atoms with Crippen molar-refractivity contribution < 1.29 is 14.3 Å². The van der Waals surface area contributed by atoms with Gasteiger partial charge in [-0.15, -0.1) is 0 Å². The average molecular weight is 534 g/mol. The van der Waals surface area contributed by atoms with E-state index in [1.165, 1.54) is 50.1 Å². The van der Waals surface area contributed by atoms with E-state index in [2.05, 4.69) is 93.3 Å². The van der Waals surface area contributed by atoms with Gasteiger partial charge in [0.2, 0.25) is 0 Å². The molecule has 206 valence electrons. The molecule has 0 aliphatic heterocycles. The number of nitrogens with zero attached hydrogens (tertiary/aromatic N) is 1. The minimum atomic E-state index is -0.607. The van der Waals surface area contributed by atoms with Crippen molar-refractivity contribution in [3.8, 4) is 16.9 Å². The van der Waals surface area contributed by atoms with Gasteiger partial charge in [0.1, 0.15) is 17.9 Å². The summed E-state index contributed by atoms with van der Waals surface area (Å²) in [6.07, 6.45) is 0. The Hall–Kier alpha value is -3.89. The number of likely N-dealkylation sites (N-methyl/N-ethyl adjacent to an activating group) is 1. The molecule has 0 unspecified atom stereocenters. The highest BCUT2D eigenvalue weighted by Gasteiger charge is 2.47. The molecule has 4 aromatic carbocycles. The summed E-state index contributed by atoms with van der Waals surface area (Å²) < 4.78 is 11.7. The number of hydrogen-bond donors (Lipinski definition) is 0. The van der Waals surface area contributed by atoms with E-state index in [0.29, 0.717) is 24.5 Å². The van der Waals surface area contributed by atoms with Gasteiger partial charge in [-0.2, -0.15) is 0 Å². The Labute approximate surface area is 238 Å². The maximum atomic E-state index is 13.4. The molecule has 5 rings (SSSR count). The van der Waals surface area contributed by atoms with Gasteiger partial charge in [-0.3, -0.25) is 0 Å². The zero-order chi connectivity index (χ0) is 28.6. The molecular formula is C36H39NO3. The lowest BCUT2D eigenvalue weighted by Gasteiger charge is -2.35. The molecule has 0 aromatic heterocycles. The van der Waals surface area contributed by atoms with Gasteiger partial charge in [0.15, 0.2) is 0 Å². The average Bonchev–Trinajstić information content (AvgIpc) is 3.19. The smallest absolute Gasteiger partial charge is 0.341 e. The molecule has 4 heteroatoms. The first-order valence-electron chi connectivity index (χ1n) is 14.1. The fraction of sp³-hybridized carbons (Fsp3) is 0.306. The second kappa shape index (κ2) is 10.9. The van der Waals surface area contributed by atoms with Crippen molar-refractivity contribution >= 4 is 5.97 Å². The minimum Gasteiger partial charge on any atom is -0.491 e. The van der Waals surface area contributed by atoms with E-state index in [1.54, 1.807) is 0 Å². The van der Waals surface area contributed by atoms with Gasteiger partial charge in [-0.1, -0.05) is 71.8 Å². The lowest BCUT2D eigenvalue weighted by molar-refractivity contribution is 0.0521. The first kappa shape index (κ1) is 27.7. The molecule has 0 spiro atoms. The largest absolute Gasteiger partial charge is 0.491 e. The Morgan fingerprint density at radius 2 is 1.35 bits per heavy atom. The molecule has 0 bridgehead atoms. The van der Waals surface area contributed by atoms with Crippen molar-refractivity contribution in [1.82, 2.24) is 4.90 Å². The zero-order valence-corrected chi connectivity index (χ0v) is 24.7. The number of hydrogen-bond acceptors (Lipinski definition) is 4. The minimum absolute atomic E-state index is 0.298. The van der Waals surface area contributed by atoms with Crippen LogP contribution in [-0.2, 0) is 10.2 Å². The highest BCUT2D eigenvalue weighted by atomic mass is 16.5. The third kappa shape index (κ3) is 4.71. The van der Waals surface area contributed by atoms with Gasteiger partial charge in [-0.25, -0.2) is 4.79 Å². The molecule has 0 saturated carbocycles. The summed E-state index contributed by atoms with van der Waals surface area (Å²) in [5.41, 5.74) is 11.9. The van der Waals surface area contributed by atoms with Crippen LogP contribution in [0.5, 0.6) is 5.75 Å². The molecule has 4 nitrogen and oxygen atoms in total. The normalized spacial score (nSPS) is 13.2. The summed E-state index contributed by atoms with van der Waals surface area (Å²) >= 11 is 0. The number of benzene rings is 4. The number of fused-ring (bicyclic) bond motifs is 3. The summed E-state index contributed by atoms with van der Waals surface area (Å²) in [5, 5.41) is 0. The molecule has 1 aliphatic rings. The van der Waals surface area contributed by atoms with Crippen LogP contribution in [0.2, 0.25) is 0 Å². The monoisotopic (exact) mass is 533 g/mol. The third-order valence-electron chi connectivity index (χ3n) is 8.09. The van der Waals surface area contributed by atoms with Crippen molar-refractivity contribution in [2.24, 2.45) is 0 Å². The molecule has 40 heavy (non-hydrogen) atoms. The Kier molecular flexibility index (Phi) is 7.57. The van der Waals surface area contributed by atoms with E-state index in [9.17, 15) is 4.79 Å². The van der Waals surface area contributed by atoms with Crippen LogP contribution < -0.4 is 4.74 Å². The van der Waals surface area contributed by atoms with Gasteiger partial charge >= 0.3 is 5.97 Å². The fourth-order valence-corrected chi connectivity index (χ4v) is 5.91. The maximum absolute atomic E-state index is 13.4. The van der Waals surface area contributed by atoms with Crippen molar-refractivity contribution in [2.75, 3.05) is 33.9 Å². The van der Waals surface area contributed by atoms with Crippen LogP contribution in [0.4, 0.5) is 0 Å². The predicted octanol–water partition coefficient (Wildman–Crippen LogP) is 7.40. The van der Waals surface area contributed by atoms with Crippen molar-refractivity contribution in [2.45, 2.75) is 40.0 Å². The molecule has 1 aliphatic carbocycles. The second-order valence-electron chi connectivity index (χ2n) is 11.2. The molecule has 0 atom stereocenters. The summed E-state index contributed by atoms with van der Waals surface area (Å²) in [7, 11) is 4.01. The Morgan fingerprint density at radius 1 is 0.750 bits per heavy atom. The van der Waals surface area contributed by atoms with E-state index in [0.717, 1.165) is 12.1 Å². The van der Waals surface area contributed by atoms with Crippen LogP contribution in [0.1, 0.15) is 61.8 Å². The molecule has 0 heterocycles. The Balaban J connectivity index is 1.84. The molecule has 0 N–H and O–H groups in total. The number of esters is 1. The van der Waals surface area contributed by atoms with E-state index < -0.39 is 5.41 Å². The van der Waals surface area contributed by atoms with Crippen molar-refractivity contribution in [1.29, 1.82) is 0 Å². The zero-order valence-electron chi connectivity index (χ0n) is 24.7. The standard InChI is InChI=1S/C36H39NO3/c1-8-39-35(38)31-22-28(13-16-34(31)40-18-17-37(6)7)36(27-12-11-25(4)26(5)21-27)32-19-23(2)9-14-29(32)30-15-10-24(3)20-33(30)36/h9-16,19-22H,8,17-18H2,1-7H3. The van der Waals surface area contributed by atoms with E-state index in [-0.39, 0.29) is 5.97 Å². The molecule has 0 saturated heterocycles. The van der Waals surface area contributed by atoms with Gasteiger partial charge in [0.05, 0.1) is 12.0 Å². The number of aryl methyl sites for hydroxylation is 4. The summed E-state index contributed by atoms with van der Waals surface area (Å²) in [4.78, 5) is 15.4. The number of rotatable bonds is 8. The number of carbonyl (C=O) groups is 1. The topological polar surface area (TPSA) is 38.8 Å². The van der Waals surface area contributed by atoms with Crippen molar-refractivity contribution in [3.05, 3.63) is 123 Å². The summed E-state index contributed by atoms with van der Waals surface area (Å²) in [5.74, 6) is 0.178. The van der Waals surface area contributed by atoms with Crippen LogP contribution in [0.3, 0.4) is 0 Å². The van der Waals surface area contributed by atoms with E-state index in [1.807, 2.05) is 33.2 Å². The Bertz CT molecular complexity index is 1530. The predicted molar refractivity (Wildman–Crippen MR) is 163 cm³/mol. The van der Waals surface area contributed by atoms with Crippen LogP contribution in [0, 0.1) is 27.7 Å². The molecular weight excluding hydrogens is 494 g/mol. The van der Waals surface area contributed by atoms with Gasteiger partial charge in [0.25, 0.3) is 0 Å². The van der Waals surface area contributed by atoms with Gasteiger partial charge in [0, 0.05) is 6.54 Å².